The van der Waals surface area contributed by atoms with Crippen LogP contribution in [0, 0.1) is 10.1 Å². The lowest BCUT2D eigenvalue weighted by Gasteiger charge is -2.37. The topological polar surface area (TPSA) is 179 Å². The molecule has 0 aliphatic carbocycles. The third-order valence-corrected chi connectivity index (χ3v) is 9.03. The van der Waals surface area contributed by atoms with Gasteiger partial charge in [-0.15, -0.1) is 21.5 Å². The van der Waals surface area contributed by atoms with E-state index in [1.165, 1.54) is 18.0 Å². The number of rotatable bonds is 9. The summed E-state index contributed by atoms with van der Waals surface area (Å²) in [5.41, 5.74) is 0.170. The molecular formula is C13H20N4O9S3. The number of hydrogen-bond acceptors (Lipinski definition) is 10. The van der Waals surface area contributed by atoms with E-state index in [1.54, 1.807) is 6.92 Å². The lowest BCUT2D eigenvalue weighted by Crippen LogP contribution is -2.46. The SMILES string of the molecule is CCN(C(=O)COCCO[N+](=O)[O-])[C@H]1CN(C)S(=O)(=O)c2sc(S(N)(=O)=O)cc21. The molecule has 1 aliphatic heterocycles. The molecule has 16 heteroatoms. The maximum atomic E-state index is 12.6. The number of primary sulfonamides is 1. The van der Waals surface area contributed by atoms with Gasteiger partial charge in [-0.3, -0.25) is 4.79 Å². The summed E-state index contributed by atoms with van der Waals surface area (Å²) < 4.78 is 54.1. The number of fused-ring (bicyclic) bond motifs is 1. The maximum absolute atomic E-state index is 12.6. The van der Waals surface area contributed by atoms with E-state index in [4.69, 9.17) is 9.88 Å². The van der Waals surface area contributed by atoms with Gasteiger partial charge >= 0.3 is 0 Å². The maximum Gasteiger partial charge on any atom is 0.294 e. The van der Waals surface area contributed by atoms with Gasteiger partial charge in [-0.25, -0.2) is 22.0 Å². The molecule has 1 aliphatic rings. The Morgan fingerprint density at radius 1 is 1.48 bits per heavy atom. The number of carbonyl (C=O) groups is 1. The van der Waals surface area contributed by atoms with Gasteiger partial charge in [0.2, 0.25) is 15.9 Å². The zero-order valence-electron chi connectivity index (χ0n) is 15.5. The van der Waals surface area contributed by atoms with Gasteiger partial charge in [0.25, 0.3) is 15.1 Å². The van der Waals surface area contributed by atoms with Crippen LogP contribution in [0.3, 0.4) is 0 Å². The Labute approximate surface area is 171 Å². The highest BCUT2D eigenvalue weighted by atomic mass is 32.3. The number of sulfonamides is 2. The number of thiophene rings is 1. The van der Waals surface area contributed by atoms with Crippen LogP contribution in [0.25, 0.3) is 0 Å². The molecule has 2 N–H and O–H groups in total. The van der Waals surface area contributed by atoms with Crippen molar-refractivity contribution in [1.29, 1.82) is 0 Å². The molecule has 1 aromatic heterocycles. The molecule has 0 fully saturated rings. The van der Waals surface area contributed by atoms with Crippen molar-refractivity contribution < 1.29 is 36.3 Å². The van der Waals surface area contributed by atoms with Crippen LogP contribution in [0.5, 0.6) is 0 Å². The summed E-state index contributed by atoms with van der Waals surface area (Å²) >= 11 is 0.531. The average molecular weight is 473 g/mol. The van der Waals surface area contributed by atoms with Crippen molar-refractivity contribution in [2.24, 2.45) is 5.14 Å². The van der Waals surface area contributed by atoms with Gasteiger partial charge in [0, 0.05) is 25.7 Å². The summed E-state index contributed by atoms with van der Waals surface area (Å²) in [5, 5.41) is 14.2. The molecule has 1 aromatic rings. The van der Waals surface area contributed by atoms with E-state index in [9.17, 15) is 31.7 Å². The largest absolute Gasteiger partial charge is 0.370 e. The minimum absolute atomic E-state index is 0.0832. The molecule has 29 heavy (non-hydrogen) atoms. The normalized spacial score (nSPS) is 18.8. The van der Waals surface area contributed by atoms with Crippen LogP contribution in [0.2, 0.25) is 0 Å². The fraction of sp³-hybridized carbons (Fsp3) is 0.615. The van der Waals surface area contributed by atoms with Gasteiger partial charge in [-0.05, 0) is 13.0 Å². The lowest BCUT2D eigenvalue weighted by atomic mass is 10.1. The minimum Gasteiger partial charge on any atom is -0.370 e. The Bertz CT molecular complexity index is 989. The molecule has 0 bridgehead atoms. The summed E-state index contributed by atoms with van der Waals surface area (Å²) in [7, 11) is -6.72. The van der Waals surface area contributed by atoms with Crippen molar-refractivity contribution >= 4 is 37.3 Å². The molecule has 2 rings (SSSR count). The van der Waals surface area contributed by atoms with Crippen molar-refractivity contribution in [2.45, 2.75) is 21.4 Å². The number of carbonyl (C=O) groups excluding carboxylic acids is 1. The third-order valence-electron chi connectivity index (χ3n) is 4.10. The summed E-state index contributed by atoms with van der Waals surface area (Å²) in [6.07, 6.45) is 0. The number of nitrogens with zero attached hydrogens (tertiary/aromatic N) is 3. The second kappa shape index (κ2) is 8.88. The first-order chi connectivity index (χ1) is 13.4. The Hall–Kier alpha value is -1.85. The molecule has 0 radical (unpaired) electrons. The molecule has 0 unspecified atom stereocenters. The first kappa shape index (κ1) is 23.4. The second-order valence-electron chi connectivity index (χ2n) is 5.94. The Kier molecular flexibility index (Phi) is 7.18. The molecular weight excluding hydrogens is 452 g/mol. The zero-order valence-corrected chi connectivity index (χ0v) is 18.0. The molecule has 1 amide bonds. The van der Waals surface area contributed by atoms with E-state index >= 15 is 0 Å². The number of likely N-dealkylation sites (N-methyl/N-ethyl adjacent to an activating group) is 2. The highest BCUT2D eigenvalue weighted by Gasteiger charge is 2.41. The van der Waals surface area contributed by atoms with Crippen molar-refractivity contribution in [1.82, 2.24) is 9.21 Å². The van der Waals surface area contributed by atoms with Crippen molar-refractivity contribution in [3.63, 3.8) is 0 Å². The van der Waals surface area contributed by atoms with Crippen LogP contribution in [0.1, 0.15) is 18.5 Å². The molecule has 1 atom stereocenters. The number of ether oxygens (including phenoxy) is 1. The second-order valence-corrected chi connectivity index (χ2v) is 11.0. The van der Waals surface area contributed by atoms with Gasteiger partial charge in [0.15, 0.2) is 0 Å². The highest BCUT2D eigenvalue weighted by Crippen LogP contribution is 2.41. The minimum atomic E-state index is -4.13. The first-order valence-corrected chi connectivity index (χ1v) is 12.0. The van der Waals surface area contributed by atoms with Crippen LogP contribution < -0.4 is 5.14 Å². The van der Waals surface area contributed by atoms with Crippen LogP contribution in [-0.2, 0) is 34.4 Å². The van der Waals surface area contributed by atoms with Crippen molar-refractivity contribution in [3.05, 3.63) is 21.7 Å². The number of hydrogen-bond donors (Lipinski definition) is 1. The van der Waals surface area contributed by atoms with E-state index in [-0.39, 0.29) is 40.3 Å². The van der Waals surface area contributed by atoms with E-state index in [2.05, 4.69) is 4.84 Å². The zero-order chi connectivity index (χ0) is 22.0. The van der Waals surface area contributed by atoms with Crippen LogP contribution >= 0.6 is 11.3 Å². The summed E-state index contributed by atoms with van der Waals surface area (Å²) in [6, 6.07) is 0.424. The molecule has 164 valence electrons. The van der Waals surface area contributed by atoms with Crippen LogP contribution in [-0.4, -0.2) is 77.0 Å². The molecule has 2 heterocycles. The van der Waals surface area contributed by atoms with Crippen LogP contribution in [0.15, 0.2) is 14.5 Å². The number of amides is 1. The van der Waals surface area contributed by atoms with E-state index in [0.717, 1.165) is 4.31 Å². The average Bonchev–Trinajstić information content (AvgIpc) is 3.06. The Balaban J connectivity index is 2.27. The third kappa shape index (κ3) is 5.20. The smallest absolute Gasteiger partial charge is 0.294 e. The fourth-order valence-corrected chi connectivity index (χ4v) is 6.80. The van der Waals surface area contributed by atoms with Gasteiger partial charge in [0.1, 0.15) is 21.6 Å². The van der Waals surface area contributed by atoms with Crippen molar-refractivity contribution in [2.75, 3.05) is 40.0 Å². The van der Waals surface area contributed by atoms with Gasteiger partial charge in [-0.1, -0.05) is 0 Å². The molecule has 0 saturated heterocycles. The van der Waals surface area contributed by atoms with Crippen LogP contribution in [0.4, 0.5) is 0 Å². The molecule has 0 spiro atoms. The Morgan fingerprint density at radius 2 is 2.14 bits per heavy atom. The monoisotopic (exact) mass is 472 g/mol. The first-order valence-electron chi connectivity index (χ1n) is 8.17. The van der Waals surface area contributed by atoms with E-state index < -0.39 is 43.7 Å². The Morgan fingerprint density at radius 3 is 2.69 bits per heavy atom. The van der Waals surface area contributed by atoms with Gasteiger partial charge in [-0.2, -0.15) is 4.31 Å². The summed E-state index contributed by atoms with van der Waals surface area (Å²) in [5.74, 6) is -0.499. The quantitative estimate of drug-likeness (QED) is 0.272. The predicted octanol–water partition coefficient (Wildman–Crippen LogP) is -0.856. The van der Waals surface area contributed by atoms with Crippen molar-refractivity contribution in [3.8, 4) is 0 Å². The number of nitrogens with two attached hydrogens (primary N) is 1. The molecule has 13 nitrogen and oxygen atoms in total. The molecule has 0 aromatic carbocycles. The fourth-order valence-electron chi connectivity index (χ4n) is 2.77. The predicted molar refractivity (Wildman–Crippen MR) is 99.4 cm³/mol. The molecule has 0 saturated carbocycles. The van der Waals surface area contributed by atoms with Gasteiger partial charge < -0.3 is 14.5 Å². The van der Waals surface area contributed by atoms with E-state index in [1.807, 2.05) is 0 Å². The van der Waals surface area contributed by atoms with E-state index in [0.29, 0.717) is 11.3 Å². The summed E-state index contributed by atoms with van der Waals surface area (Å²) in [6.45, 7) is 0.824. The standard InChI is InChI=1S/C13H20N4O9S3/c1-3-16(11(18)8-25-4-5-26-17(19)20)10-7-15(2)29(23,24)13-9(10)6-12(27-13)28(14,21)22/h6,10H,3-5,7-8H2,1-2H3,(H2,14,21,22)/t10-/m0/s1. The highest BCUT2D eigenvalue weighted by molar-refractivity contribution is 7.94. The van der Waals surface area contributed by atoms with Gasteiger partial charge in [0.05, 0.1) is 12.6 Å². The summed E-state index contributed by atoms with van der Waals surface area (Å²) in [4.78, 5) is 28.1. The lowest BCUT2D eigenvalue weighted by molar-refractivity contribution is -0.758.